The van der Waals surface area contributed by atoms with Crippen LogP contribution in [-0.2, 0) is 16.0 Å². The summed E-state index contributed by atoms with van der Waals surface area (Å²) in [5.41, 5.74) is 0. The van der Waals surface area contributed by atoms with Gasteiger partial charge in [0.25, 0.3) is 0 Å². The molecule has 1 fully saturated rings. The Bertz CT molecular complexity index is 440. The summed E-state index contributed by atoms with van der Waals surface area (Å²) in [6.07, 6.45) is 0.347. The van der Waals surface area contributed by atoms with Gasteiger partial charge in [0, 0.05) is 18.0 Å². The number of amides is 1. The van der Waals surface area contributed by atoms with Crippen molar-refractivity contribution >= 4 is 34.6 Å². The largest absolute Gasteiger partial charge is 0.378 e. The van der Waals surface area contributed by atoms with Crippen LogP contribution in [0.5, 0.6) is 0 Å². The number of carbonyl (C=O) groups excluding carboxylic acids is 2. The van der Waals surface area contributed by atoms with Gasteiger partial charge in [0.15, 0.2) is 5.78 Å². The molecule has 1 aromatic rings. The highest BCUT2D eigenvalue weighted by atomic mass is 35.5. The first-order valence-corrected chi connectivity index (χ1v) is 7.09. The molecule has 0 aromatic carbocycles. The van der Waals surface area contributed by atoms with Crippen LogP contribution in [0.15, 0.2) is 12.1 Å². The summed E-state index contributed by atoms with van der Waals surface area (Å²) in [5, 5.41) is 0. The van der Waals surface area contributed by atoms with E-state index in [0.717, 1.165) is 4.88 Å². The highest BCUT2D eigenvalue weighted by Gasteiger charge is 2.18. The minimum Gasteiger partial charge on any atom is -0.378 e. The minimum atomic E-state index is -0.0910. The van der Waals surface area contributed by atoms with E-state index in [-0.39, 0.29) is 17.6 Å². The van der Waals surface area contributed by atoms with Gasteiger partial charge < -0.3 is 9.64 Å². The summed E-state index contributed by atoms with van der Waals surface area (Å²) in [6, 6.07) is 3.56. The van der Waals surface area contributed by atoms with E-state index in [1.54, 1.807) is 11.0 Å². The molecule has 0 bridgehead atoms. The van der Waals surface area contributed by atoms with Gasteiger partial charge in [0.1, 0.15) is 0 Å². The number of rotatable bonds is 4. The highest BCUT2D eigenvalue weighted by Crippen LogP contribution is 2.19. The lowest BCUT2D eigenvalue weighted by molar-refractivity contribution is -0.134. The first-order valence-electron chi connectivity index (χ1n) is 5.74. The topological polar surface area (TPSA) is 46.6 Å². The number of ether oxygens (including phenoxy) is 1. The maximum absolute atomic E-state index is 12.0. The number of thiophene rings is 1. The predicted molar refractivity (Wildman–Crippen MR) is 70.5 cm³/mol. The first-order chi connectivity index (χ1) is 8.70. The monoisotopic (exact) mass is 287 g/mol. The third kappa shape index (κ3) is 3.31. The zero-order chi connectivity index (χ0) is 13.0. The molecule has 2 heterocycles. The number of ketones is 1. The molecule has 0 unspecified atom stereocenters. The van der Waals surface area contributed by atoms with Crippen LogP contribution in [0.25, 0.3) is 0 Å². The van der Waals surface area contributed by atoms with Gasteiger partial charge in [-0.2, -0.15) is 0 Å². The molecule has 1 aliphatic rings. The van der Waals surface area contributed by atoms with E-state index in [4.69, 9.17) is 16.3 Å². The number of Topliss-reactive ketones (excluding diaryl/α,β-unsaturated/α-hetero) is 1. The van der Waals surface area contributed by atoms with Gasteiger partial charge in [-0.05, 0) is 12.1 Å². The van der Waals surface area contributed by atoms with E-state index in [0.29, 0.717) is 37.6 Å². The summed E-state index contributed by atoms with van der Waals surface area (Å²) in [5.74, 6) is -0.0195. The van der Waals surface area contributed by atoms with Gasteiger partial charge in [-0.15, -0.1) is 22.9 Å². The lowest BCUT2D eigenvalue weighted by Crippen LogP contribution is -2.41. The molecular weight excluding hydrogens is 274 g/mol. The highest BCUT2D eigenvalue weighted by molar-refractivity contribution is 7.14. The SMILES string of the molecule is O=C(CCl)c1ccc(CC(=O)N2CCOCC2)s1. The summed E-state index contributed by atoms with van der Waals surface area (Å²) in [7, 11) is 0. The van der Waals surface area contributed by atoms with E-state index >= 15 is 0 Å². The molecule has 98 valence electrons. The van der Waals surface area contributed by atoms with Crippen LogP contribution in [0, 0.1) is 0 Å². The number of alkyl halides is 1. The first kappa shape index (κ1) is 13.5. The molecule has 0 saturated carbocycles. The molecule has 1 amide bonds. The van der Waals surface area contributed by atoms with Gasteiger partial charge in [-0.3, -0.25) is 9.59 Å². The second-order valence-corrected chi connectivity index (χ2v) is 5.43. The fourth-order valence-corrected chi connectivity index (χ4v) is 2.92. The zero-order valence-electron chi connectivity index (χ0n) is 9.86. The summed E-state index contributed by atoms with van der Waals surface area (Å²) < 4.78 is 5.20. The minimum absolute atomic E-state index is 0.0165. The Morgan fingerprint density at radius 3 is 2.72 bits per heavy atom. The molecule has 1 aromatic heterocycles. The average molecular weight is 288 g/mol. The Balaban J connectivity index is 1.94. The molecule has 1 saturated heterocycles. The van der Waals surface area contributed by atoms with E-state index in [1.807, 2.05) is 6.07 Å². The fourth-order valence-electron chi connectivity index (χ4n) is 1.76. The van der Waals surface area contributed by atoms with Crippen molar-refractivity contribution in [2.24, 2.45) is 0 Å². The molecule has 4 nitrogen and oxygen atoms in total. The van der Waals surface area contributed by atoms with Crippen molar-refractivity contribution in [3.05, 3.63) is 21.9 Å². The van der Waals surface area contributed by atoms with Gasteiger partial charge in [-0.25, -0.2) is 0 Å². The molecule has 0 spiro atoms. The van der Waals surface area contributed by atoms with Crippen LogP contribution in [0.2, 0.25) is 0 Å². The summed E-state index contributed by atoms with van der Waals surface area (Å²) in [4.78, 5) is 26.7. The van der Waals surface area contributed by atoms with Crippen LogP contribution < -0.4 is 0 Å². The van der Waals surface area contributed by atoms with Crippen molar-refractivity contribution < 1.29 is 14.3 Å². The van der Waals surface area contributed by atoms with Crippen molar-refractivity contribution in [2.45, 2.75) is 6.42 Å². The lowest BCUT2D eigenvalue weighted by atomic mass is 10.3. The Kier molecular flexibility index (Phi) is 4.74. The molecule has 0 aliphatic carbocycles. The summed E-state index contributed by atoms with van der Waals surface area (Å²) in [6.45, 7) is 2.51. The zero-order valence-corrected chi connectivity index (χ0v) is 11.4. The fraction of sp³-hybridized carbons (Fsp3) is 0.500. The second-order valence-electron chi connectivity index (χ2n) is 3.99. The van der Waals surface area contributed by atoms with Crippen molar-refractivity contribution in [3.63, 3.8) is 0 Å². The van der Waals surface area contributed by atoms with Gasteiger partial charge >= 0.3 is 0 Å². The Morgan fingerprint density at radius 2 is 2.06 bits per heavy atom. The number of morpholine rings is 1. The smallest absolute Gasteiger partial charge is 0.227 e. The molecule has 0 atom stereocenters. The van der Waals surface area contributed by atoms with E-state index < -0.39 is 0 Å². The molecule has 2 rings (SSSR count). The number of nitrogens with zero attached hydrogens (tertiary/aromatic N) is 1. The molecule has 6 heteroatoms. The van der Waals surface area contributed by atoms with Crippen molar-refractivity contribution in [1.82, 2.24) is 4.90 Å². The molecule has 0 N–H and O–H groups in total. The van der Waals surface area contributed by atoms with Crippen LogP contribution >= 0.6 is 22.9 Å². The van der Waals surface area contributed by atoms with Crippen molar-refractivity contribution in [2.75, 3.05) is 32.2 Å². The van der Waals surface area contributed by atoms with Crippen LogP contribution in [0.1, 0.15) is 14.5 Å². The van der Waals surface area contributed by atoms with E-state index in [1.165, 1.54) is 11.3 Å². The molecule has 1 aliphatic heterocycles. The maximum Gasteiger partial charge on any atom is 0.227 e. The van der Waals surface area contributed by atoms with Gasteiger partial charge in [0.05, 0.1) is 30.4 Å². The van der Waals surface area contributed by atoms with Crippen LogP contribution in [-0.4, -0.2) is 48.8 Å². The molecule has 18 heavy (non-hydrogen) atoms. The standard InChI is InChI=1S/C12H14ClNO3S/c13-8-10(15)11-2-1-9(18-11)7-12(16)14-3-5-17-6-4-14/h1-2H,3-8H2. The number of hydrogen-bond donors (Lipinski definition) is 0. The Hall–Kier alpha value is -0.910. The van der Waals surface area contributed by atoms with Gasteiger partial charge in [0.2, 0.25) is 5.91 Å². The van der Waals surface area contributed by atoms with Crippen molar-refractivity contribution in [1.29, 1.82) is 0 Å². The number of hydrogen-bond acceptors (Lipinski definition) is 4. The third-order valence-electron chi connectivity index (χ3n) is 2.75. The second kappa shape index (κ2) is 6.31. The number of halogens is 1. The van der Waals surface area contributed by atoms with Crippen LogP contribution in [0.3, 0.4) is 0 Å². The molecular formula is C12H14ClNO3S. The van der Waals surface area contributed by atoms with E-state index in [9.17, 15) is 9.59 Å². The lowest BCUT2D eigenvalue weighted by Gasteiger charge is -2.26. The van der Waals surface area contributed by atoms with Crippen LogP contribution in [0.4, 0.5) is 0 Å². The quantitative estimate of drug-likeness (QED) is 0.624. The third-order valence-corrected chi connectivity index (χ3v) is 4.12. The maximum atomic E-state index is 12.0. The number of carbonyl (C=O) groups is 2. The normalized spacial score (nSPS) is 15.7. The Labute approximate surface area is 114 Å². The van der Waals surface area contributed by atoms with E-state index in [2.05, 4.69) is 0 Å². The van der Waals surface area contributed by atoms with Gasteiger partial charge in [-0.1, -0.05) is 0 Å². The van der Waals surface area contributed by atoms with Crippen molar-refractivity contribution in [3.8, 4) is 0 Å². The Morgan fingerprint density at radius 1 is 1.33 bits per heavy atom. The summed E-state index contributed by atoms with van der Waals surface area (Å²) >= 11 is 6.84. The average Bonchev–Trinajstić information content (AvgIpc) is 2.87. The molecule has 0 radical (unpaired) electrons. The predicted octanol–water partition coefficient (Wildman–Crippen LogP) is 1.57.